The maximum Gasteiger partial charge on any atom is 0.294 e. The number of amides is 1. The third-order valence-corrected chi connectivity index (χ3v) is 9.56. The number of carbonyl (C=O) groups excluding carboxylic acids is 1. The lowest BCUT2D eigenvalue weighted by atomic mass is 10.2. The van der Waals surface area contributed by atoms with E-state index in [1.165, 1.54) is 6.26 Å². The Kier molecular flexibility index (Phi) is 6.34. The Morgan fingerprint density at radius 3 is 2.64 bits per heavy atom. The van der Waals surface area contributed by atoms with Gasteiger partial charge in [0.05, 0.1) is 6.61 Å². The Balaban J connectivity index is 2.14. The minimum Gasteiger partial charge on any atom is -0.494 e. The lowest BCUT2D eigenvalue weighted by Gasteiger charge is -2.36. The van der Waals surface area contributed by atoms with Gasteiger partial charge in [-0.25, -0.2) is 0 Å². The Hall–Kier alpha value is -1.31. The molecule has 0 unspecified atom stereocenters. The SMILES string of the molecule is CC(C)(C)[Si](C)(C)OCc1ccc(Br)cc1NC(=O)C1=COCCO1. The van der Waals surface area contributed by atoms with Crippen molar-refractivity contribution in [3.05, 3.63) is 40.3 Å². The first-order valence-corrected chi connectivity index (χ1v) is 12.0. The molecule has 2 rings (SSSR count). The van der Waals surface area contributed by atoms with Crippen molar-refractivity contribution in [3.8, 4) is 0 Å². The van der Waals surface area contributed by atoms with Gasteiger partial charge >= 0.3 is 0 Å². The smallest absolute Gasteiger partial charge is 0.294 e. The number of anilines is 1. The van der Waals surface area contributed by atoms with Crippen LogP contribution in [0.15, 0.2) is 34.7 Å². The predicted octanol–water partition coefficient (Wildman–Crippen LogP) is 4.80. The highest BCUT2D eigenvalue weighted by molar-refractivity contribution is 9.10. The highest BCUT2D eigenvalue weighted by Gasteiger charge is 2.37. The summed E-state index contributed by atoms with van der Waals surface area (Å²) in [5, 5.41) is 3.02. The van der Waals surface area contributed by atoms with Gasteiger partial charge in [-0.3, -0.25) is 4.79 Å². The average molecular weight is 428 g/mol. The van der Waals surface area contributed by atoms with E-state index in [2.05, 4.69) is 55.1 Å². The number of hydrogen-bond donors (Lipinski definition) is 1. The first-order chi connectivity index (χ1) is 11.6. The van der Waals surface area contributed by atoms with Crippen molar-refractivity contribution in [2.75, 3.05) is 18.5 Å². The summed E-state index contributed by atoms with van der Waals surface area (Å²) in [4.78, 5) is 12.4. The van der Waals surface area contributed by atoms with Crippen LogP contribution in [0.4, 0.5) is 5.69 Å². The number of hydrogen-bond acceptors (Lipinski definition) is 4. The Morgan fingerprint density at radius 1 is 1.32 bits per heavy atom. The zero-order valence-corrected chi connectivity index (χ0v) is 18.0. The van der Waals surface area contributed by atoms with Gasteiger partial charge < -0.3 is 19.2 Å². The molecule has 1 aliphatic rings. The van der Waals surface area contributed by atoms with Gasteiger partial charge in [-0.15, -0.1) is 0 Å². The summed E-state index contributed by atoms with van der Waals surface area (Å²) in [5.41, 5.74) is 1.63. The standard InChI is InChI=1S/C18H26BrNO4Si/c1-18(2,3)25(4,5)24-11-13-6-7-14(19)10-15(13)20-17(21)16-12-22-8-9-23-16/h6-7,10,12H,8-9,11H2,1-5H3,(H,20,21). The maximum absolute atomic E-state index is 12.4. The van der Waals surface area contributed by atoms with Crippen molar-refractivity contribution in [1.82, 2.24) is 0 Å². The van der Waals surface area contributed by atoms with Gasteiger partial charge in [-0.1, -0.05) is 42.8 Å². The van der Waals surface area contributed by atoms with Crippen molar-refractivity contribution < 1.29 is 18.7 Å². The second-order valence-electron chi connectivity index (χ2n) is 7.51. The molecular weight excluding hydrogens is 402 g/mol. The molecule has 5 nitrogen and oxygen atoms in total. The van der Waals surface area contributed by atoms with E-state index in [-0.39, 0.29) is 16.7 Å². The van der Waals surface area contributed by atoms with Crippen LogP contribution < -0.4 is 5.32 Å². The fraction of sp³-hybridized carbons (Fsp3) is 0.500. The van der Waals surface area contributed by atoms with Gasteiger partial charge in [0.15, 0.2) is 8.32 Å². The van der Waals surface area contributed by atoms with Gasteiger partial charge in [0.25, 0.3) is 5.91 Å². The van der Waals surface area contributed by atoms with Crippen LogP contribution in [-0.2, 0) is 25.3 Å². The quantitative estimate of drug-likeness (QED) is 0.685. The minimum atomic E-state index is -1.88. The summed E-state index contributed by atoms with van der Waals surface area (Å²) >= 11 is 3.45. The van der Waals surface area contributed by atoms with E-state index in [9.17, 15) is 4.79 Å². The molecule has 0 radical (unpaired) electrons. The van der Waals surface area contributed by atoms with Gasteiger partial charge in [0, 0.05) is 15.7 Å². The predicted molar refractivity (Wildman–Crippen MR) is 105 cm³/mol. The molecule has 25 heavy (non-hydrogen) atoms. The third kappa shape index (κ3) is 5.33. The molecule has 0 aliphatic carbocycles. The molecule has 7 heteroatoms. The van der Waals surface area contributed by atoms with Gasteiger partial charge in [0.1, 0.15) is 19.5 Å². The van der Waals surface area contributed by atoms with Crippen LogP contribution in [0.1, 0.15) is 26.3 Å². The van der Waals surface area contributed by atoms with Crippen molar-refractivity contribution in [2.24, 2.45) is 0 Å². The van der Waals surface area contributed by atoms with Crippen LogP contribution in [0.2, 0.25) is 18.1 Å². The molecule has 0 saturated carbocycles. The second-order valence-corrected chi connectivity index (χ2v) is 13.2. The maximum atomic E-state index is 12.4. The average Bonchev–Trinajstić information content (AvgIpc) is 2.54. The van der Waals surface area contributed by atoms with Crippen LogP contribution in [-0.4, -0.2) is 27.4 Å². The van der Waals surface area contributed by atoms with Crippen LogP contribution >= 0.6 is 15.9 Å². The van der Waals surface area contributed by atoms with E-state index in [0.29, 0.717) is 25.5 Å². The molecule has 0 spiro atoms. The number of nitrogens with one attached hydrogen (secondary N) is 1. The van der Waals surface area contributed by atoms with Crippen molar-refractivity contribution in [3.63, 3.8) is 0 Å². The Labute approximate surface area is 159 Å². The van der Waals surface area contributed by atoms with E-state index in [4.69, 9.17) is 13.9 Å². The summed E-state index contributed by atoms with van der Waals surface area (Å²) in [7, 11) is -1.88. The monoisotopic (exact) mass is 427 g/mol. The summed E-state index contributed by atoms with van der Waals surface area (Å²) in [6.45, 7) is 12.3. The van der Waals surface area contributed by atoms with Crippen molar-refractivity contribution in [2.45, 2.75) is 45.5 Å². The fourth-order valence-electron chi connectivity index (χ4n) is 1.94. The zero-order valence-electron chi connectivity index (χ0n) is 15.4. The van der Waals surface area contributed by atoms with E-state index in [1.807, 2.05) is 18.2 Å². The van der Waals surface area contributed by atoms with E-state index in [1.54, 1.807) is 0 Å². The molecule has 1 aromatic carbocycles. The third-order valence-electron chi connectivity index (χ3n) is 4.59. The number of benzene rings is 1. The van der Waals surface area contributed by atoms with Crippen LogP contribution in [0.5, 0.6) is 0 Å². The molecule has 0 bridgehead atoms. The second kappa shape index (κ2) is 7.93. The zero-order chi connectivity index (χ0) is 18.7. The summed E-state index contributed by atoms with van der Waals surface area (Å²) < 4.78 is 17.6. The summed E-state index contributed by atoms with van der Waals surface area (Å²) in [5.74, 6) is -0.145. The van der Waals surface area contributed by atoms with Crippen LogP contribution in [0.3, 0.4) is 0 Å². The first kappa shape index (κ1) is 20.0. The molecular formula is C18H26BrNO4Si. The Morgan fingerprint density at radius 2 is 2.04 bits per heavy atom. The van der Waals surface area contributed by atoms with E-state index in [0.717, 1.165) is 10.0 Å². The van der Waals surface area contributed by atoms with E-state index >= 15 is 0 Å². The lowest BCUT2D eigenvalue weighted by molar-refractivity contribution is -0.117. The highest BCUT2D eigenvalue weighted by Crippen LogP contribution is 2.37. The van der Waals surface area contributed by atoms with Gasteiger partial charge in [-0.2, -0.15) is 0 Å². The summed E-state index contributed by atoms with van der Waals surface area (Å²) in [6.07, 6.45) is 1.35. The lowest BCUT2D eigenvalue weighted by Crippen LogP contribution is -2.40. The first-order valence-electron chi connectivity index (χ1n) is 8.28. The van der Waals surface area contributed by atoms with Gasteiger partial charge in [0.2, 0.25) is 5.76 Å². The molecule has 1 heterocycles. The minimum absolute atomic E-state index is 0.129. The topological polar surface area (TPSA) is 56.8 Å². The van der Waals surface area contributed by atoms with Crippen LogP contribution in [0, 0.1) is 0 Å². The van der Waals surface area contributed by atoms with Crippen LogP contribution in [0.25, 0.3) is 0 Å². The number of halogens is 1. The molecule has 0 fully saturated rings. The van der Waals surface area contributed by atoms with Gasteiger partial charge in [-0.05, 0) is 30.3 Å². The Bertz CT molecular complexity index is 668. The highest BCUT2D eigenvalue weighted by atomic mass is 79.9. The van der Waals surface area contributed by atoms with Crippen molar-refractivity contribution >= 4 is 35.8 Å². The molecule has 1 N–H and O–H groups in total. The fourth-order valence-corrected chi connectivity index (χ4v) is 3.25. The number of carbonyl (C=O) groups is 1. The molecule has 1 amide bonds. The number of ether oxygens (including phenoxy) is 2. The summed E-state index contributed by atoms with van der Waals surface area (Å²) in [6, 6.07) is 5.77. The molecule has 1 aromatic rings. The van der Waals surface area contributed by atoms with Crippen molar-refractivity contribution in [1.29, 1.82) is 0 Å². The normalized spacial score (nSPS) is 15.0. The molecule has 0 aromatic heterocycles. The molecule has 138 valence electrons. The molecule has 0 saturated heterocycles. The largest absolute Gasteiger partial charge is 0.494 e. The number of rotatable bonds is 5. The van der Waals surface area contributed by atoms with E-state index < -0.39 is 8.32 Å². The molecule has 1 aliphatic heterocycles. The molecule has 0 atom stereocenters.